The Bertz CT molecular complexity index is 419. The molecule has 0 saturated heterocycles. The zero-order valence-corrected chi connectivity index (χ0v) is 12.2. The molecule has 0 aliphatic carbocycles. The molecule has 1 aromatic carbocycles. The van der Waals surface area contributed by atoms with Gasteiger partial charge in [-0.05, 0) is 38.9 Å². The summed E-state index contributed by atoms with van der Waals surface area (Å²) in [6, 6.07) is 6.24. The highest BCUT2D eigenvalue weighted by Crippen LogP contribution is 2.26. The molecule has 0 aromatic heterocycles. The number of rotatable bonds is 7. The minimum absolute atomic E-state index is 0.0624. The Morgan fingerprint density at radius 3 is 2.79 bits per heavy atom. The van der Waals surface area contributed by atoms with Crippen molar-refractivity contribution in [2.75, 3.05) is 20.2 Å². The molecule has 1 rings (SSSR count). The van der Waals surface area contributed by atoms with Crippen molar-refractivity contribution in [2.45, 2.75) is 33.2 Å². The highest BCUT2D eigenvalue weighted by atomic mass is 16.5. The lowest BCUT2D eigenvalue weighted by Gasteiger charge is -2.17. The molecule has 0 aliphatic heterocycles. The largest absolute Gasteiger partial charge is 0.483 e. The Morgan fingerprint density at radius 1 is 1.42 bits per heavy atom. The summed E-state index contributed by atoms with van der Waals surface area (Å²) in [5, 5.41) is 5.98. The fraction of sp³-hybridized carbons (Fsp3) is 0.533. The van der Waals surface area contributed by atoms with Crippen molar-refractivity contribution in [1.29, 1.82) is 0 Å². The number of amides is 1. The topological polar surface area (TPSA) is 50.4 Å². The maximum absolute atomic E-state index is 11.6. The van der Waals surface area contributed by atoms with Crippen LogP contribution in [0.1, 0.15) is 37.4 Å². The molecule has 0 bridgehead atoms. The maximum atomic E-state index is 11.6. The number of ether oxygens (including phenoxy) is 1. The van der Waals surface area contributed by atoms with Crippen LogP contribution in [0, 0.1) is 6.92 Å². The van der Waals surface area contributed by atoms with Gasteiger partial charge in [-0.3, -0.25) is 4.79 Å². The monoisotopic (exact) mass is 264 g/mol. The van der Waals surface area contributed by atoms with Crippen LogP contribution in [0.25, 0.3) is 0 Å². The van der Waals surface area contributed by atoms with Gasteiger partial charge in [-0.15, -0.1) is 0 Å². The molecule has 0 aliphatic rings. The average molecular weight is 264 g/mol. The van der Waals surface area contributed by atoms with Crippen molar-refractivity contribution in [1.82, 2.24) is 10.6 Å². The predicted octanol–water partition coefficient (Wildman–Crippen LogP) is 2.18. The molecule has 2 N–H and O–H groups in total. The summed E-state index contributed by atoms with van der Waals surface area (Å²) in [5.74, 6) is 0.694. The number of aryl methyl sites for hydroxylation is 1. The average Bonchev–Trinajstić information content (AvgIpc) is 2.42. The van der Waals surface area contributed by atoms with E-state index in [1.54, 1.807) is 0 Å². The van der Waals surface area contributed by atoms with Crippen LogP contribution < -0.4 is 15.4 Å². The van der Waals surface area contributed by atoms with Gasteiger partial charge >= 0.3 is 0 Å². The molecule has 0 radical (unpaired) electrons. The van der Waals surface area contributed by atoms with E-state index in [2.05, 4.69) is 17.6 Å². The molecule has 1 aromatic rings. The zero-order valence-electron chi connectivity index (χ0n) is 12.2. The van der Waals surface area contributed by atoms with Crippen LogP contribution in [0.15, 0.2) is 18.2 Å². The maximum Gasteiger partial charge on any atom is 0.257 e. The first-order valence-electron chi connectivity index (χ1n) is 6.75. The van der Waals surface area contributed by atoms with E-state index < -0.39 is 0 Å². The smallest absolute Gasteiger partial charge is 0.257 e. The van der Waals surface area contributed by atoms with Gasteiger partial charge in [0.1, 0.15) is 5.75 Å². The molecule has 4 nitrogen and oxygen atoms in total. The summed E-state index contributed by atoms with van der Waals surface area (Å²) in [4.78, 5) is 11.6. The van der Waals surface area contributed by atoms with E-state index in [1.165, 1.54) is 0 Å². The molecule has 1 unspecified atom stereocenters. The Balaban J connectivity index is 2.70. The van der Waals surface area contributed by atoms with Crippen molar-refractivity contribution in [3.05, 3.63) is 29.3 Å². The molecule has 19 heavy (non-hydrogen) atoms. The molecule has 106 valence electrons. The first-order chi connectivity index (χ1) is 9.08. The summed E-state index contributed by atoms with van der Waals surface area (Å²) in [5.41, 5.74) is 2.19. The lowest BCUT2D eigenvalue weighted by atomic mass is 10.1. The van der Waals surface area contributed by atoms with Gasteiger partial charge in [-0.2, -0.15) is 0 Å². The highest BCUT2D eigenvalue weighted by molar-refractivity contribution is 5.77. The van der Waals surface area contributed by atoms with Crippen molar-refractivity contribution in [3.63, 3.8) is 0 Å². The Hall–Kier alpha value is -1.55. The van der Waals surface area contributed by atoms with Crippen LogP contribution in [-0.4, -0.2) is 26.1 Å². The molecule has 0 saturated carbocycles. The van der Waals surface area contributed by atoms with Crippen LogP contribution in [-0.2, 0) is 4.79 Å². The predicted molar refractivity (Wildman–Crippen MR) is 77.4 cm³/mol. The Labute approximate surface area is 115 Å². The van der Waals surface area contributed by atoms with Crippen LogP contribution >= 0.6 is 0 Å². The number of carbonyl (C=O) groups is 1. The number of hydrogen-bond donors (Lipinski definition) is 2. The SMILES string of the molecule is CCCNC(=O)COc1cc(C)ccc1C(C)NC. The van der Waals surface area contributed by atoms with E-state index in [-0.39, 0.29) is 18.6 Å². The van der Waals surface area contributed by atoms with E-state index >= 15 is 0 Å². The molecule has 0 fully saturated rings. The van der Waals surface area contributed by atoms with Crippen LogP contribution in [0.5, 0.6) is 5.75 Å². The second kappa shape index (κ2) is 7.79. The molecule has 0 spiro atoms. The summed E-state index contributed by atoms with van der Waals surface area (Å²) in [7, 11) is 1.91. The fourth-order valence-corrected chi connectivity index (χ4v) is 1.74. The van der Waals surface area contributed by atoms with E-state index in [9.17, 15) is 4.79 Å². The van der Waals surface area contributed by atoms with Crippen molar-refractivity contribution in [3.8, 4) is 5.75 Å². The highest BCUT2D eigenvalue weighted by Gasteiger charge is 2.11. The first kappa shape index (κ1) is 15.5. The van der Waals surface area contributed by atoms with Gasteiger partial charge in [0.05, 0.1) is 0 Å². The molecular formula is C15H24N2O2. The van der Waals surface area contributed by atoms with Crippen molar-refractivity contribution in [2.24, 2.45) is 0 Å². The van der Waals surface area contributed by atoms with Crippen LogP contribution in [0.3, 0.4) is 0 Å². The van der Waals surface area contributed by atoms with Gasteiger partial charge in [0, 0.05) is 18.2 Å². The number of hydrogen-bond acceptors (Lipinski definition) is 3. The van der Waals surface area contributed by atoms with Gasteiger partial charge in [0.2, 0.25) is 0 Å². The number of benzene rings is 1. The van der Waals surface area contributed by atoms with Crippen molar-refractivity contribution < 1.29 is 9.53 Å². The zero-order chi connectivity index (χ0) is 14.3. The van der Waals surface area contributed by atoms with E-state index in [0.717, 1.165) is 23.3 Å². The Morgan fingerprint density at radius 2 is 2.16 bits per heavy atom. The quantitative estimate of drug-likeness (QED) is 0.793. The normalized spacial score (nSPS) is 12.0. The third-order valence-corrected chi connectivity index (χ3v) is 3.00. The molecule has 1 amide bonds. The minimum Gasteiger partial charge on any atom is -0.483 e. The van der Waals surface area contributed by atoms with E-state index in [1.807, 2.05) is 39.1 Å². The molecular weight excluding hydrogens is 240 g/mol. The van der Waals surface area contributed by atoms with Gasteiger partial charge in [0.15, 0.2) is 6.61 Å². The molecule has 0 heterocycles. The van der Waals surface area contributed by atoms with Crippen LogP contribution in [0.4, 0.5) is 0 Å². The van der Waals surface area contributed by atoms with Crippen molar-refractivity contribution >= 4 is 5.91 Å². The standard InChI is InChI=1S/C15H24N2O2/c1-5-8-17-15(18)10-19-14-9-11(2)6-7-13(14)12(3)16-4/h6-7,9,12,16H,5,8,10H2,1-4H3,(H,17,18). The minimum atomic E-state index is -0.0774. The van der Waals surface area contributed by atoms with E-state index in [0.29, 0.717) is 6.54 Å². The van der Waals surface area contributed by atoms with Gasteiger partial charge in [-0.1, -0.05) is 19.1 Å². The lowest BCUT2D eigenvalue weighted by molar-refractivity contribution is -0.123. The van der Waals surface area contributed by atoms with Gasteiger partial charge < -0.3 is 15.4 Å². The van der Waals surface area contributed by atoms with Gasteiger partial charge in [-0.25, -0.2) is 0 Å². The van der Waals surface area contributed by atoms with Crippen LogP contribution in [0.2, 0.25) is 0 Å². The number of carbonyl (C=O) groups excluding carboxylic acids is 1. The summed E-state index contributed by atoms with van der Waals surface area (Å²) in [6.45, 7) is 6.85. The molecule has 4 heteroatoms. The fourth-order valence-electron chi connectivity index (χ4n) is 1.74. The molecule has 1 atom stereocenters. The summed E-state index contributed by atoms with van der Waals surface area (Å²) in [6.07, 6.45) is 0.929. The summed E-state index contributed by atoms with van der Waals surface area (Å²) < 4.78 is 5.65. The third kappa shape index (κ3) is 4.91. The van der Waals surface area contributed by atoms with Gasteiger partial charge in [0.25, 0.3) is 5.91 Å². The van der Waals surface area contributed by atoms with E-state index in [4.69, 9.17) is 4.74 Å². The second-order valence-electron chi connectivity index (χ2n) is 4.69. The second-order valence-corrected chi connectivity index (χ2v) is 4.69. The Kier molecular flexibility index (Phi) is 6.36. The lowest BCUT2D eigenvalue weighted by Crippen LogP contribution is -2.29. The third-order valence-electron chi connectivity index (χ3n) is 3.00. The summed E-state index contributed by atoms with van der Waals surface area (Å²) >= 11 is 0. The number of nitrogens with one attached hydrogen (secondary N) is 2. The first-order valence-corrected chi connectivity index (χ1v) is 6.75.